The summed E-state index contributed by atoms with van der Waals surface area (Å²) in [6, 6.07) is 20.7. The van der Waals surface area contributed by atoms with Crippen molar-refractivity contribution in [1.82, 2.24) is 9.80 Å². The Morgan fingerprint density at radius 3 is 2.41 bits per heavy atom. The van der Waals surface area contributed by atoms with Crippen LogP contribution < -0.4 is 9.47 Å². The molecule has 1 saturated heterocycles. The maximum Gasteiger partial charge on any atom is 0.256 e. The van der Waals surface area contributed by atoms with E-state index in [1.807, 2.05) is 85.2 Å². The van der Waals surface area contributed by atoms with Crippen molar-refractivity contribution in [2.24, 2.45) is 0 Å². The molecule has 2 aliphatic heterocycles. The molecule has 1 atom stereocenters. The number of aryl methyl sites for hydroxylation is 1. The Morgan fingerprint density at radius 2 is 1.74 bits per heavy atom. The summed E-state index contributed by atoms with van der Waals surface area (Å²) in [7, 11) is 1.64. The summed E-state index contributed by atoms with van der Waals surface area (Å²) in [5.41, 5.74) is 2.83. The van der Waals surface area contributed by atoms with E-state index in [0.29, 0.717) is 24.2 Å². The minimum atomic E-state index is -1.01. The number of benzene rings is 3. The van der Waals surface area contributed by atoms with Gasteiger partial charge in [-0.1, -0.05) is 24.3 Å². The first-order chi connectivity index (χ1) is 16.4. The quantitative estimate of drug-likeness (QED) is 0.563. The number of fused-ring (bicyclic) bond motifs is 3. The van der Waals surface area contributed by atoms with Crippen LogP contribution in [-0.2, 0) is 5.66 Å². The monoisotopic (exact) mass is 456 g/mol. The van der Waals surface area contributed by atoms with Gasteiger partial charge >= 0.3 is 0 Å². The van der Waals surface area contributed by atoms with Gasteiger partial charge in [-0.05, 0) is 68.8 Å². The molecule has 0 N–H and O–H groups in total. The van der Waals surface area contributed by atoms with Crippen molar-refractivity contribution >= 4 is 11.8 Å². The highest BCUT2D eigenvalue weighted by atomic mass is 16.5. The van der Waals surface area contributed by atoms with Gasteiger partial charge in [-0.25, -0.2) is 0 Å². The van der Waals surface area contributed by atoms with Crippen LogP contribution in [0.3, 0.4) is 0 Å². The molecule has 2 amide bonds. The molecule has 2 aliphatic rings. The SMILES string of the molecule is COc1ccc(C23c4ccccc4C(=O)N2CCN3C(=O)c2ccc(OC(C)C)cc2)cc1C. The van der Waals surface area contributed by atoms with Crippen molar-refractivity contribution < 1.29 is 19.1 Å². The highest BCUT2D eigenvalue weighted by Gasteiger charge is 2.59. The first-order valence-electron chi connectivity index (χ1n) is 11.5. The second kappa shape index (κ2) is 8.20. The standard InChI is InChI=1S/C28H28N2O4/c1-18(2)34-22-12-9-20(10-13-22)26(31)29-15-16-30-27(32)23-7-5-6-8-24(23)28(29,30)21-11-14-25(33-4)19(3)17-21/h5-14,17-18H,15-16H2,1-4H3. The van der Waals surface area contributed by atoms with Gasteiger partial charge in [0, 0.05) is 35.3 Å². The molecule has 34 heavy (non-hydrogen) atoms. The number of hydrogen-bond acceptors (Lipinski definition) is 4. The van der Waals surface area contributed by atoms with Gasteiger partial charge in [0.2, 0.25) is 0 Å². The van der Waals surface area contributed by atoms with Crippen molar-refractivity contribution in [2.75, 3.05) is 20.2 Å². The van der Waals surface area contributed by atoms with E-state index in [1.165, 1.54) is 0 Å². The predicted molar refractivity (Wildman–Crippen MR) is 129 cm³/mol. The number of ether oxygens (including phenoxy) is 2. The van der Waals surface area contributed by atoms with E-state index < -0.39 is 5.66 Å². The highest BCUT2D eigenvalue weighted by molar-refractivity contribution is 6.03. The third kappa shape index (κ3) is 3.16. The van der Waals surface area contributed by atoms with E-state index in [9.17, 15) is 9.59 Å². The molecule has 3 aromatic carbocycles. The normalized spacial score (nSPS) is 18.8. The zero-order chi connectivity index (χ0) is 24.0. The van der Waals surface area contributed by atoms with Gasteiger partial charge in [0.25, 0.3) is 11.8 Å². The van der Waals surface area contributed by atoms with Crippen LogP contribution in [0.4, 0.5) is 0 Å². The maximum atomic E-state index is 13.9. The number of nitrogens with zero attached hydrogens (tertiary/aromatic N) is 2. The first-order valence-corrected chi connectivity index (χ1v) is 11.5. The van der Waals surface area contributed by atoms with E-state index in [-0.39, 0.29) is 17.9 Å². The predicted octanol–water partition coefficient (Wildman–Crippen LogP) is 4.60. The lowest BCUT2D eigenvalue weighted by Gasteiger charge is -2.40. The molecule has 2 heterocycles. The summed E-state index contributed by atoms with van der Waals surface area (Å²) in [5.74, 6) is 1.30. The fourth-order valence-electron chi connectivity index (χ4n) is 5.24. The number of carbonyl (C=O) groups excluding carboxylic acids is 2. The third-order valence-corrected chi connectivity index (χ3v) is 6.62. The molecule has 174 valence electrons. The highest BCUT2D eigenvalue weighted by Crippen LogP contribution is 2.50. The van der Waals surface area contributed by atoms with Gasteiger partial charge in [0.15, 0.2) is 5.66 Å². The van der Waals surface area contributed by atoms with Crippen LogP contribution in [-0.4, -0.2) is 47.9 Å². The zero-order valence-corrected chi connectivity index (χ0v) is 19.9. The molecule has 0 saturated carbocycles. The molecular formula is C28H28N2O4. The Bertz CT molecular complexity index is 1270. The van der Waals surface area contributed by atoms with Crippen molar-refractivity contribution in [2.45, 2.75) is 32.5 Å². The molecule has 0 aliphatic carbocycles. The number of carbonyl (C=O) groups is 2. The minimum Gasteiger partial charge on any atom is -0.496 e. The third-order valence-electron chi connectivity index (χ3n) is 6.62. The Morgan fingerprint density at radius 1 is 1.00 bits per heavy atom. The molecule has 6 heteroatoms. The molecule has 0 radical (unpaired) electrons. The molecule has 5 rings (SSSR count). The fourth-order valence-corrected chi connectivity index (χ4v) is 5.24. The van der Waals surface area contributed by atoms with Crippen LogP contribution in [0.1, 0.15) is 51.3 Å². The summed E-state index contributed by atoms with van der Waals surface area (Å²) in [4.78, 5) is 31.1. The van der Waals surface area contributed by atoms with Crippen molar-refractivity contribution in [3.63, 3.8) is 0 Å². The number of amides is 2. The lowest BCUT2D eigenvalue weighted by molar-refractivity contribution is 0.0375. The second-order valence-electron chi connectivity index (χ2n) is 9.01. The lowest BCUT2D eigenvalue weighted by Crippen LogP contribution is -2.51. The fraction of sp³-hybridized carbons (Fsp3) is 0.286. The number of methoxy groups -OCH3 is 1. The van der Waals surface area contributed by atoms with Crippen LogP contribution >= 0.6 is 0 Å². The van der Waals surface area contributed by atoms with Crippen LogP contribution in [0.25, 0.3) is 0 Å². The second-order valence-corrected chi connectivity index (χ2v) is 9.01. The van der Waals surface area contributed by atoms with E-state index in [2.05, 4.69) is 0 Å². The summed E-state index contributed by atoms with van der Waals surface area (Å²) >= 11 is 0. The summed E-state index contributed by atoms with van der Waals surface area (Å²) in [6.07, 6.45) is 0.0521. The van der Waals surface area contributed by atoms with Gasteiger partial charge in [-0.2, -0.15) is 0 Å². The molecule has 1 fully saturated rings. The summed E-state index contributed by atoms with van der Waals surface area (Å²) in [6.45, 7) is 6.80. The average Bonchev–Trinajstić information content (AvgIpc) is 3.34. The van der Waals surface area contributed by atoms with Gasteiger partial charge in [-0.15, -0.1) is 0 Å². The van der Waals surface area contributed by atoms with E-state index in [4.69, 9.17) is 9.47 Å². The van der Waals surface area contributed by atoms with Gasteiger partial charge in [-0.3, -0.25) is 9.59 Å². The van der Waals surface area contributed by atoms with Gasteiger partial charge in [0.05, 0.1) is 13.2 Å². The molecule has 0 aromatic heterocycles. The van der Waals surface area contributed by atoms with Crippen molar-refractivity contribution in [3.8, 4) is 11.5 Å². The Hall–Kier alpha value is -3.80. The molecule has 3 aromatic rings. The largest absolute Gasteiger partial charge is 0.496 e. The van der Waals surface area contributed by atoms with Crippen LogP contribution in [0.5, 0.6) is 11.5 Å². The smallest absolute Gasteiger partial charge is 0.256 e. The van der Waals surface area contributed by atoms with Crippen LogP contribution in [0.15, 0.2) is 66.7 Å². The van der Waals surface area contributed by atoms with Crippen molar-refractivity contribution in [1.29, 1.82) is 0 Å². The Balaban J connectivity index is 1.65. The van der Waals surface area contributed by atoms with E-state index in [1.54, 1.807) is 19.2 Å². The molecule has 0 spiro atoms. The Kier molecular flexibility index (Phi) is 5.31. The summed E-state index contributed by atoms with van der Waals surface area (Å²) < 4.78 is 11.2. The maximum absolute atomic E-state index is 13.9. The first kappa shape index (κ1) is 22.0. The zero-order valence-electron chi connectivity index (χ0n) is 19.9. The average molecular weight is 457 g/mol. The van der Waals surface area contributed by atoms with Gasteiger partial charge < -0.3 is 19.3 Å². The number of hydrogen-bond donors (Lipinski definition) is 0. The minimum absolute atomic E-state index is 0.0521. The summed E-state index contributed by atoms with van der Waals surface area (Å²) in [5, 5.41) is 0. The molecular weight excluding hydrogens is 428 g/mol. The van der Waals surface area contributed by atoms with E-state index >= 15 is 0 Å². The van der Waals surface area contributed by atoms with E-state index in [0.717, 1.165) is 28.2 Å². The Labute approximate surface area is 199 Å². The van der Waals surface area contributed by atoms with Crippen LogP contribution in [0, 0.1) is 6.92 Å². The number of rotatable bonds is 5. The van der Waals surface area contributed by atoms with Gasteiger partial charge in [0.1, 0.15) is 11.5 Å². The molecule has 0 bridgehead atoms. The molecule has 6 nitrogen and oxygen atoms in total. The van der Waals surface area contributed by atoms with Crippen LogP contribution in [0.2, 0.25) is 0 Å². The lowest BCUT2D eigenvalue weighted by atomic mass is 9.88. The van der Waals surface area contributed by atoms with Crippen molar-refractivity contribution in [3.05, 3.63) is 94.5 Å². The molecule has 1 unspecified atom stereocenters. The topological polar surface area (TPSA) is 59.1 Å².